The Morgan fingerprint density at radius 1 is 1.04 bits per heavy atom. The van der Waals surface area contributed by atoms with Crippen molar-refractivity contribution >= 4 is 17.5 Å². The number of benzene rings is 1. The van der Waals surface area contributed by atoms with Crippen molar-refractivity contribution in [2.24, 2.45) is 0 Å². The number of amides is 2. The lowest BCUT2D eigenvalue weighted by Gasteiger charge is -2.25. The maximum Gasteiger partial charge on any atom is 0.323 e. The van der Waals surface area contributed by atoms with Crippen molar-refractivity contribution < 1.29 is 4.79 Å². The molecule has 2 aliphatic rings. The van der Waals surface area contributed by atoms with E-state index in [-0.39, 0.29) is 6.03 Å². The monoisotopic (exact) mass is 367 g/mol. The second-order valence-corrected chi connectivity index (χ2v) is 7.64. The molecule has 0 spiro atoms. The summed E-state index contributed by atoms with van der Waals surface area (Å²) >= 11 is 0. The van der Waals surface area contributed by atoms with Crippen LogP contribution in [0.1, 0.15) is 43.7 Å². The molecule has 1 saturated carbocycles. The summed E-state index contributed by atoms with van der Waals surface area (Å²) in [5.41, 5.74) is 2.56. The summed E-state index contributed by atoms with van der Waals surface area (Å²) < 4.78 is 2.00. The fraction of sp³-hybridized carbons (Fsp3) is 0.524. The van der Waals surface area contributed by atoms with Crippen molar-refractivity contribution in [1.29, 1.82) is 0 Å². The first-order valence-electron chi connectivity index (χ1n) is 10.1. The third-order valence-electron chi connectivity index (χ3n) is 5.82. The molecule has 144 valence electrons. The minimum absolute atomic E-state index is 0.0126. The molecule has 1 aliphatic heterocycles. The van der Waals surface area contributed by atoms with Crippen LogP contribution in [0, 0.1) is 6.92 Å². The van der Waals surface area contributed by atoms with Gasteiger partial charge in [0.1, 0.15) is 5.82 Å². The molecular formula is C21H29N5O. The van der Waals surface area contributed by atoms with Crippen LogP contribution >= 0.6 is 0 Å². The highest BCUT2D eigenvalue weighted by molar-refractivity contribution is 5.88. The van der Waals surface area contributed by atoms with Gasteiger partial charge in [0.2, 0.25) is 0 Å². The van der Waals surface area contributed by atoms with Gasteiger partial charge in [-0.05, 0) is 37.8 Å². The van der Waals surface area contributed by atoms with E-state index in [2.05, 4.69) is 46.5 Å². The second-order valence-electron chi connectivity index (χ2n) is 7.64. The van der Waals surface area contributed by atoms with E-state index in [9.17, 15) is 4.79 Å². The summed E-state index contributed by atoms with van der Waals surface area (Å²) in [4.78, 5) is 17.2. The number of hydrogen-bond donors (Lipinski definition) is 1. The molecule has 2 aromatic rings. The zero-order valence-corrected chi connectivity index (χ0v) is 16.1. The first-order chi connectivity index (χ1) is 13.2. The van der Waals surface area contributed by atoms with E-state index in [0.29, 0.717) is 6.04 Å². The number of carbonyl (C=O) groups is 1. The number of anilines is 2. The maximum absolute atomic E-state index is 12.9. The van der Waals surface area contributed by atoms with Crippen LogP contribution in [0.5, 0.6) is 0 Å². The largest absolute Gasteiger partial charge is 0.369 e. The molecule has 2 amide bonds. The van der Waals surface area contributed by atoms with Crippen molar-refractivity contribution in [2.75, 3.05) is 36.4 Å². The lowest BCUT2D eigenvalue weighted by atomic mass is 10.2. The van der Waals surface area contributed by atoms with Crippen LogP contribution < -0.4 is 10.2 Å². The Morgan fingerprint density at radius 3 is 2.67 bits per heavy atom. The van der Waals surface area contributed by atoms with Crippen molar-refractivity contribution in [3.05, 3.63) is 42.1 Å². The van der Waals surface area contributed by atoms with Crippen LogP contribution in [0.25, 0.3) is 0 Å². The van der Waals surface area contributed by atoms with Crippen molar-refractivity contribution in [1.82, 2.24) is 14.7 Å². The zero-order chi connectivity index (χ0) is 18.6. The number of urea groups is 1. The number of hydrogen-bond acceptors (Lipinski definition) is 3. The van der Waals surface area contributed by atoms with Crippen LogP contribution in [0.2, 0.25) is 0 Å². The predicted octanol–water partition coefficient (Wildman–Crippen LogP) is 4.05. The van der Waals surface area contributed by atoms with Crippen LogP contribution in [0.15, 0.2) is 36.5 Å². The van der Waals surface area contributed by atoms with Gasteiger partial charge < -0.3 is 9.80 Å². The Labute approximate surface area is 161 Å². The summed E-state index contributed by atoms with van der Waals surface area (Å²) in [6.45, 7) is 5.51. The Bertz CT molecular complexity index is 780. The molecule has 0 radical (unpaired) electrons. The van der Waals surface area contributed by atoms with Gasteiger partial charge in [0.05, 0.1) is 12.2 Å². The molecule has 1 aliphatic carbocycles. The van der Waals surface area contributed by atoms with Gasteiger partial charge in [-0.3, -0.25) is 5.32 Å². The molecule has 1 saturated heterocycles. The van der Waals surface area contributed by atoms with E-state index >= 15 is 0 Å². The van der Waals surface area contributed by atoms with Gasteiger partial charge in [0.25, 0.3) is 0 Å². The van der Waals surface area contributed by atoms with Crippen molar-refractivity contribution in [2.45, 2.75) is 45.1 Å². The van der Waals surface area contributed by atoms with Gasteiger partial charge in [0.15, 0.2) is 0 Å². The molecule has 6 nitrogen and oxygen atoms in total. The van der Waals surface area contributed by atoms with Gasteiger partial charge in [-0.15, -0.1) is 0 Å². The maximum atomic E-state index is 12.9. The highest BCUT2D eigenvalue weighted by atomic mass is 16.2. The van der Waals surface area contributed by atoms with E-state index in [0.717, 1.165) is 51.3 Å². The fourth-order valence-corrected chi connectivity index (χ4v) is 4.32. The quantitative estimate of drug-likeness (QED) is 0.890. The number of nitrogens with one attached hydrogen (secondary N) is 1. The topological polar surface area (TPSA) is 53.4 Å². The minimum Gasteiger partial charge on any atom is -0.369 e. The molecule has 2 fully saturated rings. The number of aromatic nitrogens is 2. The number of carbonyl (C=O) groups excluding carboxylic acids is 1. The molecule has 27 heavy (non-hydrogen) atoms. The van der Waals surface area contributed by atoms with Crippen molar-refractivity contribution in [3.63, 3.8) is 0 Å². The average molecular weight is 367 g/mol. The van der Waals surface area contributed by atoms with E-state index < -0.39 is 0 Å². The second kappa shape index (κ2) is 8.03. The number of para-hydroxylation sites is 1. The van der Waals surface area contributed by atoms with E-state index in [1.54, 1.807) is 6.20 Å². The molecule has 4 rings (SSSR count). The van der Waals surface area contributed by atoms with Crippen LogP contribution in [-0.4, -0.2) is 46.9 Å². The van der Waals surface area contributed by atoms with Gasteiger partial charge in [-0.25, -0.2) is 9.48 Å². The van der Waals surface area contributed by atoms with Gasteiger partial charge >= 0.3 is 6.03 Å². The first-order valence-corrected chi connectivity index (χ1v) is 10.1. The Kier molecular flexibility index (Phi) is 5.32. The Balaban J connectivity index is 1.39. The van der Waals surface area contributed by atoms with E-state index in [1.807, 2.05) is 15.6 Å². The minimum atomic E-state index is -0.0126. The summed E-state index contributed by atoms with van der Waals surface area (Å²) in [5, 5.41) is 7.55. The molecule has 0 unspecified atom stereocenters. The summed E-state index contributed by atoms with van der Waals surface area (Å²) in [5.74, 6) is 0.826. The Hall–Kier alpha value is -2.50. The van der Waals surface area contributed by atoms with Gasteiger partial charge in [-0.2, -0.15) is 5.10 Å². The molecule has 2 heterocycles. The van der Waals surface area contributed by atoms with Crippen LogP contribution in [0.4, 0.5) is 16.3 Å². The normalized spacial score (nSPS) is 18.6. The molecule has 6 heteroatoms. The molecule has 1 N–H and O–H groups in total. The third kappa shape index (κ3) is 3.94. The van der Waals surface area contributed by atoms with E-state index in [1.165, 1.54) is 24.1 Å². The standard InChI is InChI=1S/C21H29N5O/c1-17-7-2-5-10-19(17)24-13-6-14-25(16-15-24)21(27)23-20-11-12-22-26(20)18-8-3-4-9-18/h2,5,7,10-12,18H,3-4,6,8-9,13-16H2,1H3,(H,23,27). The average Bonchev–Trinajstić information content (AvgIpc) is 3.29. The lowest BCUT2D eigenvalue weighted by Crippen LogP contribution is -2.38. The van der Waals surface area contributed by atoms with Crippen LogP contribution in [-0.2, 0) is 0 Å². The molecule has 1 aromatic heterocycles. The summed E-state index contributed by atoms with van der Waals surface area (Å²) in [6.07, 6.45) is 7.57. The number of rotatable bonds is 3. The Morgan fingerprint density at radius 2 is 1.85 bits per heavy atom. The number of aryl methyl sites for hydroxylation is 1. The van der Waals surface area contributed by atoms with Gasteiger partial charge in [0, 0.05) is 37.9 Å². The summed E-state index contributed by atoms with van der Waals surface area (Å²) in [7, 11) is 0. The molecule has 1 aromatic carbocycles. The molecule has 0 bridgehead atoms. The van der Waals surface area contributed by atoms with E-state index in [4.69, 9.17) is 0 Å². The molecule has 0 atom stereocenters. The lowest BCUT2D eigenvalue weighted by molar-refractivity contribution is 0.215. The fourth-order valence-electron chi connectivity index (χ4n) is 4.32. The predicted molar refractivity (Wildman–Crippen MR) is 108 cm³/mol. The van der Waals surface area contributed by atoms with Crippen molar-refractivity contribution in [3.8, 4) is 0 Å². The highest BCUT2D eigenvalue weighted by Crippen LogP contribution is 2.31. The summed E-state index contributed by atoms with van der Waals surface area (Å²) in [6, 6.07) is 10.8. The SMILES string of the molecule is Cc1ccccc1N1CCCN(C(=O)Nc2ccnn2C2CCCC2)CC1. The smallest absolute Gasteiger partial charge is 0.323 e. The first kappa shape index (κ1) is 17.9. The highest BCUT2D eigenvalue weighted by Gasteiger charge is 2.23. The number of nitrogens with zero attached hydrogens (tertiary/aromatic N) is 4. The third-order valence-corrected chi connectivity index (χ3v) is 5.82. The van der Waals surface area contributed by atoms with Crippen LogP contribution in [0.3, 0.4) is 0 Å². The van der Waals surface area contributed by atoms with Gasteiger partial charge in [-0.1, -0.05) is 31.0 Å². The zero-order valence-electron chi connectivity index (χ0n) is 16.1. The molecular weight excluding hydrogens is 338 g/mol.